The molecule has 4 nitrogen and oxygen atoms in total. The Kier molecular flexibility index (Phi) is 10.4. The van der Waals surface area contributed by atoms with Crippen molar-refractivity contribution in [1.29, 1.82) is 0 Å². The summed E-state index contributed by atoms with van der Waals surface area (Å²) in [5, 5.41) is 4.08. The number of amides is 2. The van der Waals surface area contributed by atoms with Gasteiger partial charge < -0.3 is 10.2 Å². The SMILES string of the molecule is CC(C)(C)NC(=O)[C@@H](Cc1ccccc1)N(Cc1ccccc1F)C(=O)CSCc1ccc(Cl)cc1Cl. The van der Waals surface area contributed by atoms with Crippen LogP contribution in [0, 0.1) is 5.82 Å². The molecule has 0 aliphatic rings. The van der Waals surface area contributed by atoms with E-state index in [-0.39, 0.29) is 24.1 Å². The Balaban J connectivity index is 1.88. The van der Waals surface area contributed by atoms with Crippen molar-refractivity contribution < 1.29 is 14.0 Å². The third kappa shape index (κ3) is 9.06. The maximum absolute atomic E-state index is 14.7. The number of carbonyl (C=O) groups is 2. The van der Waals surface area contributed by atoms with Gasteiger partial charge in [-0.3, -0.25) is 9.59 Å². The van der Waals surface area contributed by atoms with Gasteiger partial charge in [-0.1, -0.05) is 77.8 Å². The zero-order valence-electron chi connectivity index (χ0n) is 21.1. The van der Waals surface area contributed by atoms with Gasteiger partial charge in [-0.05, 0) is 50.1 Å². The van der Waals surface area contributed by atoms with Gasteiger partial charge in [0, 0.05) is 39.9 Å². The molecule has 0 fully saturated rings. The molecule has 0 saturated heterocycles. The first kappa shape index (κ1) is 29.0. The van der Waals surface area contributed by atoms with Gasteiger partial charge in [0.2, 0.25) is 11.8 Å². The number of thioether (sulfide) groups is 1. The van der Waals surface area contributed by atoms with E-state index in [2.05, 4.69) is 5.32 Å². The van der Waals surface area contributed by atoms with Crippen LogP contribution in [0.15, 0.2) is 72.8 Å². The van der Waals surface area contributed by atoms with Crippen LogP contribution in [0.4, 0.5) is 4.39 Å². The molecule has 0 radical (unpaired) electrons. The average Bonchev–Trinajstić information content (AvgIpc) is 2.83. The zero-order chi connectivity index (χ0) is 27.0. The Morgan fingerprint density at radius 3 is 2.30 bits per heavy atom. The fourth-order valence-electron chi connectivity index (χ4n) is 3.79. The molecule has 0 bridgehead atoms. The first-order chi connectivity index (χ1) is 17.5. The number of carbonyl (C=O) groups excluding carboxylic acids is 2. The largest absolute Gasteiger partial charge is 0.350 e. The maximum atomic E-state index is 14.7. The molecule has 37 heavy (non-hydrogen) atoms. The monoisotopic (exact) mass is 560 g/mol. The number of hydrogen-bond donors (Lipinski definition) is 1. The second-order valence-corrected chi connectivity index (χ2v) is 11.6. The van der Waals surface area contributed by atoms with Gasteiger partial charge in [0.25, 0.3) is 0 Å². The van der Waals surface area contributed by atoms with Gasteiger partial charge >= 0.3 is 0 Å². The predicted octanol–water partition coefficient (Wildman–Crippen LogP) is 6.92. The van der Waals surface area contributed by atoms with Crippen molar-refractivity contribution in [3.63, 3.8) is 0 Å². The average molecular weight is 562 g/mol. The van der Waals surface area contributed by atoms with Crippen LogP contribution in [-0.2, 0) is 28.3 Å². The lowest BCUT2D eigenvalue weighted by Gasteiger charge is -2.34. The van der Waals surface area contributed by atoms with E-state index in [0.29, 0.717) is 27.8 Å². The molecule has 0 spiro atoms. The Hall–Kier alpha value is -2.54. The summed E-state index contributed by atoms with van der Waals surface area (Å²) in [7, 11) is 0. The molecule has 196 valence electrons. The fourth-order valence-corrected chi connectivity index (χ4v) is 5.26. The molecule has 3 aromatic carbocycles. The zero-order valence-corrected chi connectivity index (χ0v) is 23.5. The van der Waals surface area contributed by atoms with Crippen molar-refractivity contribution in [2.45, 2.75) is 51.1 Å². The Morgan fingerprint density at radius 2 is 1.65 bits per heavy atom. The third-order valence-electron chi connectivity index (χ3n) is 5.57. The molecule has 0 aliphatic carbocycles. The number of hydrogen-bond acceptors (Lipinski definition) is 3. The van der Waals surface area contributed by atoms with Crippen LogP contribution in [-0.4, -0.2) is 34.0 Å². The molecular formula is C29H31Cl2FN2O2S. The molecule has 1 N–H and O–H groups in total. The van der Waals surface area contributed by atoms with Crippen LogP contribution in [0.3, 0.4) is 0 Å². The lowest BCUT2D eigenvalue weighted by Crippen LogP contribution is -2.54. The Bertz CT molecular complexity index is 1220. The predicted molar refractivity (Wildman–Crippen MR) is 151 cm³/mol. The van der Waals surface area contributed by atoms with Gasteiger partial charge in [-0.25, -0.2) is 4.39 Å². The van der Waals surface area contributed by atoms with Gasteiger partial charge in [0.15, 0.2) is 0 Å². The quantitative estimate of drug-likeness (QED) is 0.292. The van der Waals surface area contributed by atoms with Crippen molar-refractivity contribution in [3.05, 3.63) is 105 Å². The van der Waals surface area contributed by atoms with Crippen molar-refractivity contribution >= 4 is 46.8 Å². The summed E-state index contributed by atoms with van der Waals surface area (Å²) < 4.78 is 14.7. The van der Waals surface area contributed by atoms with E-state index in [0.717, 1.165) is 11.1 Å². The molecule has 0 heterocycles. The smallest absolute Gasteiger partial charge is 0.243 e. The van der Waals surface area contributed by atoms with Crippen molar-refractivity contribution in [2.75, 3.05) is 5.75 Å². The highest BCUT2D eigenvalue weighted by atomic mass is 35.5. The van der Waals surface area contributed by atoms with Crippen molar-refractivity contribution in [2.24, 2.45) is 0 Å². The van der Waals surface area contributed by atoms with E-state index in [1.165, 1.54) is 22.7 Å². The van der Waals surface area contributed by atoms with Crippen LogP contribution in [0.1, 0.15) is 37.5 Å². The second kappa shape index (κ2) is 13.3. The minimum Gasteiger partial charge on any atom is -0.350 e. The number of halogens is 3. The molecule has 0 saturated carbocycles. The topological polar surface area (TPSA) is 49.4 Å². The van der Waals surface area contributed by atoms with Gasteiger partial charge in [0.1, 0.15) is 11.9 Å². The highest BCUT2D eigenvalue weighted by Crippen LogP contribution is 2.26. The van der Waals surface area contributed by atoms with Crippen LogP contribution < -0.4 is 5.32 Å². The summed E-state index contributed by atoms with van der Waals surface area (Å²) in [6, 6.07) is 20.3. The van der Waals surface area contributed by atoms with Gasteiger partial charge in [0.05, 0.1) is 5.75 Å². The first-order valence-electron chi connectivity index (χ1n) is 11.9. The van der Waals surface area contributed by atoms with Crippen LogP contribution in [0.25, 0.3) is 0 Å². The van der Waals surface area contributed by atoms with E-state index in [1.54, 1.807) is 30.3 Å². The highest BCUT2D eigenvalue weighted by molar-refractivity contribution is 7.99. The minimum absolute atomic E-state index is 0.0250. The summed E-state index contributed by atoms with van der Waals surface area (Å²) in [5.41, 5.74) is 1.61. The Labute approximate surface area is 232 Å². The standard InChI is InChI=1S/C29H31Cl2FN2O2S/c1-29(2,3)33-28(36)26(15-20-9-5-4-6-10-20)34(17-21-11-7-8-12-25(21)32)27(35)19-37-18-22-13-14-23(30)16-24(22)31/h4-14,16,26H,15,17-19H2,1-3H3,(H,33,36)/t26-/m1/s1. The Morgan fingerprint density at radius 1 is 0.973 bits per heavy atom. The summed E-state index contributed by atoms with van der Waals surface area (Å²) >= 11 is 13.7. The van der Waals surface area contributed by atoms with Crippen molar-refractivity contribution in [1.82, 2.24) is 10.2 Å². The van der Waals surface area contributed by atoms with Crippen molar-refractivity contribution in [3.8, 4) is 0 Å². The molecule has 8 heteroatoms. The number of rotatable bonds is 10. The van der Waals surface area contributed by atoms with E-state index < -0.39 is 17.4 Å². The molecule has 3 rings (SSSR count). The number of nitrogens with zero attached hydrogens (tertiary/aromatic N) is 1. The van der Waals surface area contributed by atoms with E-state index in [9.17, 15) is 14.0 Å². The van der Waals surface area contributed by atoms with Gasteiger partial charge in [-0.15, -0.1) is 11.8 Å². The molecular weight excluding hydrogens is 530 g/mol. The number of benzene rings is 3. The third-order valence-corrected chi connectivity index (χ3v) is 7.12. The first-order valence-corrected chi connectivity index (χ1v) is 13.8. The van der Waals surface area contributed by atoms with Gasteiger partial charge in [-0.2, -0.15) is 0 Å². The second-order valence-electron chi connectivity index (χ2n) is 9.79. The lowest BCUT2D eigenvalue weighted by molar-refractivity contribution is -0.140. The molecule has 1 atom stereocenters. The summed E-state index contributed by atoms with van der Waals surface area (Å²) in [4.78, 5) is 28.6. The minimum atomic E-state index is -0.826. The highest BCUT2D eigenvalue weighted by Gasteiger charge is 2.32. The molecule has 0 unspecified atom stereocenters. The van der Waals surface area contributed by atoms with Crippen LogP contribution in [0.2, 0.25) is 10.0 Å². The maximum Gasteiger partial charge on any atom is 0.243 e. The van der Waals surface area contributed by atoms with Crippen LogP contribution in [0.5, 0.6) is 0 Å². The van der Waals surface area contributed by atoms with E-state index in [4.69, 9.17) is 23.2 Å². The normalized spacial score (nSPS) is 12.2. The summed E-state index contributed by atoms with van der Waals surface area (Å²) in [5.74, 6) is -0.375. The molecule has 0 aromatic heterocycles. The molecule has 3 aromatic rings. The lowest BCUT2D eigenvalue weighted by atomic mass is 10.0. The fraction of sp³-hybridized carbons (Fsp3) is 0.310. The summed E-state index contributed by atoms with van der Waals surface area (Å²) in [6.45, 7) is 5.64. The molecule has 0 aliphatic heterocycles. The van der Waals surface area contributed by atoms with Crippen LogP contribution >= 0.6 is 35.0 Å². The van der Waals surface area contributed by atoms with E-state index in [1.807, 2.05) is 57.2 Å². The number of nitrogens with one attached hydrogen (secondary N) is 1. The molecule has 2 amide bonds. The van der Waals surface area contributed by atoms with E-state index >= 15 is 0 Å². The summed E-state index contributed by atoms with van der Waals surface area (Å²) in [6.07, 6.45) is 0.302.